The predicted octanol–water partition coefficient (Wildman–Crippen LogP) is 1.04. The van der Waals surface area contributed by atoms with E-state index in [0.717, 1.165) is 19.2 Å². The van der Waals surface area contributed by atoms with Crippen molar-refractivity contribution in [2.45, 2.75) is 31.0 Å². The van der Waals surface area contributed by atoms with Gasteiger partial charge in [0.05, 0.1) is 23.8 Å². The molecule has 2 bridgehead atoms. The summed E-state index contributed by atoms with van der Waals surface area (Å²) in [6.07, 6.45) is 0.0247. The summed E-state index contributed by atoms with van der Waals surface area (Å²) in [6, 6.07) is 6.06. The molecule has 1 N–H and O–H groups in total. The lowest BCUT2D eigenvalue weighted by atomic mass is 10.1. The van der Waals surface area contributed by atoms with Crippen molar-refractivity contribution in [1.29, 1.82) is 5.26 Å². The SMILES string of the molecule is Cc1noc(C)c1S(=O)(=O)NCCN1CC2CN(CCOc3ccc(C#N)cc3F)CC(C1)O2. The molecule has 10 nitrogen and oxygen atoms in total. The Morgan fingerprint density at radius 1 is 1.21 bits per heavy atom. The molecule has 1 aromatic heterocycles. The van der Waals surface area contributed by atoms with E-state index in [2.05, 4.69) is 19.7 Å². The number of aryl methyl sites for hydroxylation is 2. The van der Waals surface area contributed by atoms with Gasteiger partial charge < -0.3 is 14.0 Å². The monoisotopic (exact) mass is 493 g/mol. The molecule has 0 radical (unpaired) electrons. The number of nitrogens with zero attached hydrogens (tertiary/aromatic N) is 4. The van der Waals surface area contributed by atoms with Gasteiger partial charge in [0.2, 0.25) is 10.0 Å². The molecule has 2 aliphatic heterocycles. The van der Waals surface area contributed by atoms with Gasteiger partial charge >= 0.3 is 0 Å². The van der Waals surface area contributed by atoms with E-state index in [-0.39, 0.29) is 40.7 Å². The van der Waals surface area contributed by atoms with Crippen molar-refractivity contribution in [1.82, 2.24) is 19.7 Å². The van der Waals surface area contributed by atoms with E-state index in [1.807, 2.05) is 6.07 Å². The Kier molecular flexibility index (Phi) is 7.49. The van der Waals surface area contributed by atoms with Crippen LogP contribution in [0.1, 0.15) is 17.0 Å². The summed E-state index contributed by atoms with van der Waals surface area (Å²) in [5.41, 5.74) is 0.601. The normalized spacial score (nSPS) is 21.4. The average Bonchev–Trinajstić information content (AvgIpc) is 3.13. The van der Waals surface area contributed by atoms with Crippen molar-refractivity contribution in [2.24, 2.45) is 0 Å². The minimum absolute atomic E-state index is 0.0123. The zero-order valence-electron chi connectivity index (χ0n) is 19.2. The van der Waals surface area contributed by atoms with Crippen LogP contribution in [-0.2, 0) is 14.8 Å². The van der Waals surface area contributed by atoms with Crippen molar-refractivity contribution >= 4 is 10.0 Å². The molecule has 0 spiro atoms. The highest BCUT2D eigenvalue weighted by molar-refractivity contribution is 7.89. The van der Waals surface area contributed by atoms with Crippen molar-refractivity contribution in [3.63, 3.8) is 0 Å². The highest BCUT2D eigenvalue weighted by Crippen LogP contribution is 2.21. The number of hydrogen-bond donors (Lipinski definition) is 1. The lowest BCUT2D eigenvalue weighted by Crippen LogP contribution is -2.60. The number of rotatable bonds is 9. The molecule has 0 amide bonds. The number of ether oxygens (including phenoxy) is 2. The zero-order valence-corrected chi connectivity index (χ0v) is 20.0. The average molecular weight is 494 g/mol. The number of fused-ring (bicyclic) bond motifs is 2. The van der Waals surface area contributed by atoms with Crippen LogP contribution in [0.3, 0.4) is 0 Å². The van der Waals surface area contributed by atoms with E-state index in [9.17, 15) is 12.8 Å². The first-order valence-electron chi connectivity index (χ1n) is 11.1. The first-order chi connectivity index (χ1) is 16.2. The molecule has 4 rings (SSSR count). The van der Waals surface area contributed by atoms with Gasteiger partial charge in [-0.05, 0) is 32.0 Å². The molecule has 34 heavy (non-hydrogen) atoms. The lowest BCUT2D eigenvalue weighted by molar-refractivity contribution is -0.138. The van der Waals surface area contributed by atoms with Crippen LogP contribution in [-0.4, -0.2) is 88.0 Å². The Balaban J connectivity index is 1.21. The molecule has 2 fully saturated rings. The van der Waals surface area contributed by atoms with Crippen LogP contribution in [0.5, 0.6) is 5.75 Å². The van der Waals surface area contributed by atoms with Crippen LogP contribution in [0.15, 0.2) is 27.6 Å². The quantitative estimate of drug-likeness (QED) is 0.546. The summed E-state index contributed by atoms with van der Waals surface area (Å²) < 4.78 is 58.3. The molecule has 2 unspecified atom stereocenters. The molecule has 2 aliphatic rings. The zero-order chi connectivity index (χ0) is 24.3. The molecule has 0 saturated carbocycles. The molecule has 3 heterocycles. The summed E-state index contributed by atoms with van der Waals surface area (Å²) in [5.74, 6) is -0.131. The van der Waals surface area contributed by atoms with E-state index in [1.54, 1.807) is 13.8 Å². The van der Waals surface area contributed by atoms with Crippen LogP contribution < -0.4 is 9.46 Å². The fraction of sp³-hybridized carbons (Fsp3) is 0.545. The predicted molar refractivity (Wildman–Crippen MR) is 119 cm³/mol. The van der Waals surface area contributed by atoms with Crippen molar-refractivity contribution in [2.75, 3.05) is 52.4 Å². The van der Waals surface area contributed by atoms with Gasteiger partial charge in [-0.15, -0.1) is 0 Å². The standard InChI is InChI=1S/C22H28FN5O5S/c1-15-22(16(2)33-26-15)34(29,30)25-5-6-27-11-18-13-28(14-19(12-27)32-18)7-8-31-21-4-3-17(10-24)9-20(21)23/h3-4,9,18-19,25H,5-8,11-14H2,1-2H3. The Morgan fingerprint density at radius 2 is 1.88 bits per heavy atom. The van der Waals surface area contributed by atoms with Crippen LogP contribution in [0.4, 0.5) is 4.39 Å². The number of benzene rings is 1. The second kappa shape index (κ2) is 10.4. The molecule has 0 aliphatic carbocycles. The molecular weight excluding hydrogens is 465 g/mol. The first-order valence-corrected chi connectivity index (χ1v) is 12.6. The summed E-state index contributed by atoms with van der Waals surface area (Å²) in [5, 5.41) is 12.5. The number of halogens is 1. The highest BCUT2D eigenvalue weighted by atomic mass is 32.2. The van der Waals surface area contributed by atoms with Gasteiger partial charge in [-0.25, -0.2) is 17.5 Å². The number of hydrogen-bond acceptors (Lipinski definition) is 9. The second-order valence-corrected chi connectivity index (χ2v) is 10.3. The van der Waals surface area contributed by atoms with E-state index in [1.165, 1.54) is 12.1 Å². The summed E-state index contributed by atoms with van der Waals surface area (Å²) in [6.45, 7) is 7.83. The Labute approximate surface area is 198 Å². The van der Waals surface area contributed by atoms with E-state index < -0.39 is 15.8 Å². The van der Waals surface area contributed by atoms with Crippen LogP contribution >= 0.6 is 0 Å². The van der Waals surface area contributed by atoms with E-state index in [0.29, 0.717) is 38.5 Å². The summed E-state index contributed by atoms with van der Waals surface area (Å²) in [7, 11) is -3.68. The lowest BCUT2D eigenvalue weighted by Gasteiger charge is -2.45. The summed E-state index contributed by atoms with van der Waals surface area (Å²) >= 11 is 0. The van der Waals surface area contributed by atoms with Gasteiger partial charge in [-0.2, -0.15) is 5.26 Å². The fourth-order valence-electron chi connectivity index (χ4n) is 4.47. The maximum atomic E-state index is 14.0. The molecule has 184 valence electrons. The molecule has 1 aromatic carbocycles. The molecule has 2 aromatic rings. The van der Waals surface area contributed by atoms with Crippen LogP contribution in [0.2, 0.25) is 0 Å². The van der Waals surface area contributed by atoms with Gasteiger partial charge in [0.15, 0.2) is 17.3 Å². The summed E-state index contributed by atoms with van der Waals surface area (Å²) in [4.78, 5) is 4.54. The minimum atomic E-state index is -3.68. The van der Waals surface area contributed by atoms with Crippen LogP contribution in [0, 0.1) is 31.0 Å². The molecule has 12 heteroatoms. The number of aromatic nitrogens is 1. The van der Waals surface area contributed by atoms with E-state index in [4.69, 9.17) is 19.3 Å². The third-order valence-electron chi connectivity index (χ3n) is 5.92. The third-order valence-corrected chi connectivity index (χ3v) is 7.62. The van der Waals surface area contributed by atoms with E-state index >= 15 is 0 Å². The Hall–Kier alpha value is -2.56. The maximum absolute atomic E-state index is 14.0. The van der Waals surface area contributed by atoms with Crippen molar-refractivity contribution in [3.05, 3.63) is 41.0 Å². The molecule has 2 saturated heterocycles. The molecular formula is C22H28FN5O5S. The number of nitrogens with one attached hydrogen (secondary N) is 1. The van der Waals surface area contributed by atoms with Gasteiger partial charge in [-0.3, -0.25) is 9.80 Å². The van der Waals surface area contributed by atoms with Gasteiger partial charge in [0, 0.05) is 45.8 Å². The number of morpholine rings is 2. The number of nitriles is 1. The Bertz CT molecular complexity index is 1130. The Morgan fingerprint density at radius 3 is 2.47 bits per heavy atom. The number of sulfonamides is 1. The van der Waals surface area contributed by atoms with Crippen LogP contribution in [0.25, 0.3) is 0 Å². The second-order valence-electron chi connectivity index (χ2n) is 8.56. The first kappa shape index (κ1) is 24.6. The molecule has 2 atom stereocenters. The maximum Gasteiger partial charge on any atom is 0.246 e. The fourth-order valence-corrected chi connectivity index (χ4v) is 5.81. The topological polar surface area (TPSA) is 121 Å². The van der Waals surface area contributed by atoms with Gasteiger partial charge in [-0.1, -0.05) is 5.16 Å². The minimum Gasteiger partial charge on any atom is -0.489 e. The largest absolute Gasteiger partial charge is 0.489 e. The third kappa shape index (κ3) is 5.73. The highest BCUT2D eigenvalue weighted by Gasteiger charge is 2.35. The van der Waals surface area contributed by atoms with Crippen molar-refractivity contribution in [3.8, 4) is 11.8 Å². The van der Waals surface area contributed by atoms with Gasteiger partial charge in [0.1, 0.15) is 17.2 Å². The smallest absolute Gasteiger partial charge is 0.246 e. The van der Waals surface area contributed by atoms with Gasteiger partial charge in [0.25, 0.3) is 0 Å². The van der Waals surface area contributed by atoms with Crippen molar-refractivity contribution < 1.29 is 26.8 Å².